The summed E-state index contributed by atoms with van der Waals surface area (Å²) in [4.78, 5) is 14.5. The van der Waals surface area contributed by atoms with E-state index in [0.717, 1.165) is 31.4 Å². The van der Waals surface area contributed by atoms with E-state index in [0.29, 0.717) is 31.7 Å². The van der Waals surface area contributed by atoms with Crippen LogP contribution in [-0.2, 0) is 14.8 Å². The van der Waals surface area contributed by atoms with E-state index in [1.54, 1.807) is 31.4 Å². The first-order valence-corrected chi connectivity index (χ1v) is 11.3. The number of hydrogen-bond donors (Lipinski definition) is 0. The van der Waals surface area contributed by atoms with E-state index < -0.39 is 10.0 Å². The Bertz CT molecular complexity index is 734. The standard InChI is InChI=1S/C19H28N2O5S/c1-25-16-5-3-15(4-6-16)19(22)20-11-7-17(8-12-20)26-18-9-13-21(14-10-18)27(2,23)24/h3-6,17-18H,7-14H2,1-2H3. The van der Waals surface area contributed by atoms with Crippen molar-refractivity contribution in [1.82, 2.24) is 9.21 Å². The molecule has 0 spiro atoms. The van der Waals surface area contributed by atoms with Gasteiger partial charge in [0.15, 0.2) is 0 Å². The zero-order valence-corrected chi connectivity index (χ0v) is 16.8. The summed E-state index contributed by atoms with van der Waals surface area (Å²) in [5, 5.41) is 0. The molecule has 0 unspecified atom stereocenters. The van der Waals surface area contributed by atoms with E-state index in [4.69, 9.17) is 9.47 Å². The van der Waals surface area contributed by atoms with Gasteiger partial charge in [0.05, 0.1) is 25.6 Å². The van der Waals surface area contributed by atoms with Crippen molar-refractivity contribution in [3.05, 3.63) is 29.8 Å². The summed E-state index contributed by atoms with van der Waals surface area (Å²) in [6.45, 7) is 2.41. The molecule has 8 heteroatoms. The molecule has 0 atom stereocenters. The van der Waals surface area contributed by atoms with Crippen molar-refractivity contribution in [1.29, 1.82) is 0 Å². The maximum absolute atomic E-state index is 12.6. The highest BCUT2D eigenvalue weighted by molar-refractivity contribution is 7.88. The maximum atomic E-state index is 12.6. The summed E-state index contributed by atoms with van der Waals surface area (Å²) in [6, 6.07) is 7.18. The third-order valence-corrected chi connectivity index (χ3v) is 6.62. The van der Waals surface area contributed by atoms with Gasteiger partial charge in [0, 0.05) is 31.7 Å². The van der Waals surface area contributed by atoms with Crippen molar-refractivity contribution in [2.24, 2.45) is 0 Å². The lowest BCUT2D eigenvalue weighted by atomic mass is 10.0. The number of methoxy groups -OCH3 is 1. The molecular formula is C19H28N2O5S. The molecule has 0 aliphatic carbocycles. The van der Waals surface area contributed by atoms with Crippen LogP contribution in [0.2, 0.25) is 0 Å². The molecule has 2 saturated heterocycles. The van der Waals surface area contributed by atoms with Gasteiger partial charge in [0.1, 0.15) is 5.75 Å². The number of likely N-dealkylation sites (tertiary alicyclic amines) is 1. The minimum atomic E-state index is -3.10. The van der Waals surface area contributed by atoms with Gasteiger partial charge in [-0.3, -0.25) is 4.79 Å². The van der Waals surface area contributed by atoms with E-state index in [9.17, 15) is 13.2 Å². The molecule has 1 amide bonds. The Hall–Kier alpha value is -1.64. The molecule has 27 heavy (non-hydrogen) atoms. The molecule has 2 aliphatic rings. The Morgan fingerprint density at radius 3 is 1.96 bits per heavy atom. The average Bonchev–Trinajstić information content (AvgIpc) is 2.68. The van der Waals surface area contributed by atoms with E-state index in [-0.39, 0.29) is 18.1 Å². The topological polar surface area (TPSA) is 76.2 Å². The van der Waals surface area contributed by atoms with Crippen molar-refractivity contribution in [3.63, 3.8) is 0 Å². The van der Waals surface area contributed by atoms with Crippen LogP contribution < -0.4 is 4.74 Å². The highest BCUT2D eigenvalue weighted by atomic mass is 32.2. The Labute approximate surface area is 161 Å². The number of ether oxygens (including phenoxy) is 2. The van der Waals surface area contributed by atoms with Crippen LogP contribution in [0.1, 0.15) is 36.0 Å². The van der Waals surface area contributed by atoms with Crippen molar-refractivity contribution in [3.8, 4) is 5.75 Å². The Morgan fingerprint density at radius 2 is 1.48 bits per heavy atom. The highest BCUT2D eigenvalue weighted by Crippen LogP contribution is 2.23. The van der Waals surface area contributed by atoms with Crippen LogP contribution in [0.15, 0.2) is 24.3 Å². The number of benzene rings is 1. The normalized spacial score (nSPS) is 20.6. The summed E-state index contributed by atoms with van der Waals surface area (Å²) in [5.74, 6) is 0.776. The van der Waals surface area contributed by atoms with Crippen molar-refractivity contribution >= 4 is 15.9 Å². The molecule has 1 aromatic rings. The third-order valence-electron chi connectivity index (χ3n) is 5.32. The van der Waals surface area contributed by atoms with Gasteiger partial charge < -0.3 is 14.4 Å². The van der Waals surface area contributed by atoms with Crippen LogP contribution in [0.5, 0.6) is 5.75 Å². The van der Waals surface area contributed by atoms with E-state index >= 15 is 0 Å². The second-order valence-electron chi connectivity index (χ2n) is 7.22. The summed E-state index contributed by atoms with van der Waals surface area (Å²) in [7, 11) is -1.50. The van der Waals surface area contributed by atoms with Crippen molar-refractivity contribution < 1.29 is 22.7 Å². The zero-order valence-electron chi connectivity index (χ0n) is 16.0. The zero-order chi connectivity index (χ0) is 19.4. The van der Waals surface area contributed by atoms with Crippen LogP contribution in [-0.4, -0.2) is 75.3 Å². The average molecular weight is 397 g/mol. The lowest BCUT2D eigenvalue weighted by molar-refractivity contribution is -0.0557. The van der Waals surface area contributed by atoms with Gasteiger partial charge in [0.2, 0.25) is 10.0 Å². The Kier molecular flexibility index (Phi) is 6.39. The molecule has 0 N–H and O–H groups in total. The van der Waals surface area contributed by atoms with E-state index in [1.165, 1.54) is 10.6 Å². The van der Waals surface area contributed by atoms with Gasteiger partial charge in [-0.15, -0.1) is 0 Å². The molecule has 0 bridgehead atoms. The first-order valence-electron chi connectivity index (χ1n) is 9.40. The van der Waals surface area contributed by atoms with Gasteiger partial charge in [-0.05, 0) is 49.9 Å². The molecule has 0 radical (unpaired) electrons. The number of amides is 1. The van der Waals surface area contributed by atoms with Crippen LogP contribution in [0, 0.1) is 0 Å². The van der Waals surface area contributed by atoms with E-state index in [1.807, 2.05) is 4.90 Å². The SMILES string of the molecule is COc1ccc(C(=O)N2CCC(OC3CCN(S(C)(=O)=O)CC3)CC2)cc1. The maximum Gasteiger partial charge on any atom is 0.253 e. The highest BCUT2D eigenvalue weighted by Gasteiger charge is 2.29. The fourth-order valence-electron chi connectivity index (χ4n) is 3.68. The Balaban J connectivity index is 1.44. The lowest BCUT2D eigenvalue weighted by Gasteiger charge is -2.36. The second-order valence-corrected chi connectivity index (χ2v) is 9.20. The third kappa shape index (κ3) is 5.21. The molecule has 0 saturated carbocycles. The predicted octanol–water partition coefficient (Wildman–Crippen LogP) is 1.74. The van der Waals surface area contributed by atoms with Crippen molar-refractivity contribution in [2.75, 3.05) is 39.5 Å². The summed E-state index contributed by atoms with van der Waals surface area (Å²) >= 11 is 0. The molecular weight excluding hydrogens is 368 g/mol. The van der Waals surface area contributed by atoms with Crippen LogP contribution >= 0.6 is 0 Å². The molecule has 3 rings (SSSR count). The molecule has 150 valence electrons. The number of sulfonamides is 1. The van der Waals surface area contributed by atoms with E-state index in [2.05, 4.69) is 0 Å². The van der Waals surface area contributed by atoms with Gasteiger partial charge in [-0.2, -0.15) is 0 Å². The number of carbonyl (C=O) groups excluding carboxylic acids is 1. The fraction of sp³-hybridized carbons (Fsp3) is 0.632. The van der Waals surface area contributed by atoms with Crippen LogP contribution in [0.25, 0.3) is 0 Å². The number of nitrogens with zero attached hydrogens (tertiary/aromatic N) is 2. The van der Waals surface area contributed by atoms with Crippen LogP contribution in [0.4, 0.5) is 0 Å². The van der Waals surface area contributed by atoms with Gasteiger partial charge >= 0.3 is 0 Å². The van der Waals surface area contributed by atoms with Gasteiger partial charge in [0.25, 0.3) is 5.91 Å². The molecule has 2 heterocycles. The fourth-order valence-corrected chi connectivity index (χ4v) is 4.56. The molecule has 1 aromatic carbocycles. The van der Waals surface area contributed by atoms with Gasteiger partial charge in [-0.25, -0.2) is 12.7 Å². The smallest absolute Gasteiger partial charge is 0.253 e. The molecule has 7 nitrogen and oxygen atoms in total. The molecule has 2 aliphatic heterocycles. The Morgan fingerprint density at radius 1 is 0.963 bits per heavy atom. The quantitative estimate of drug-likeness (QED) is 0.758. The van der Waals surface area contributed by atoms with Crippen LogP contribution in [0.3, 0.4) is 0 Å². The lowest BCUT2D eigenvalue weighted by Crippen LogP contribution is -2.44. The predicted molar refractivity (Wildman–Crippen MR) is 102 cm³/mol. The molecule has 2 fully saturated rings. The summed E-state index contributed by atoms with van der Waals surface area (Å²) in [5.41, 5.74) is 0.670. The van der Waals surface area contributed by atoms with Crippen molar-refractivity contribution in [2.45, 2.75) is 37.9 Å². The first-order chi connectivity index (χ1) is 12.9. The summed E-state index contributed by atoms with van der Waals surface area (Å²) < 4.78 is 36.0. The number of rotatable bonds is 5. The van der Waals surface area contributed by atoms with Gasteiger partial charge in [-0.1, -0.05) is 0 Å². The number of hydrogen-bond acceptors (Lipinski definition) is 5. The second kappa shape index (κ2) is 8.58. The summed E-state index contributed by atoms with van der Waals surface area (Å²) in [6.07, 6.45) is 4.60. The number of carbonyl (C=O) groups is 1. The minimum absolute atomic E-state index is 0.0394. The number of piperidine rings is 2. The molecule has 0 aromatic heterocycles. The first kappa shape index (κ1) is 20.1. The monoisotopic (exact) mass is 396 g/mol. The minimum Gasteiger partial charge on any atom is -0.497 e. The largest absolute Gasteiger partial charge is 0.497 e.